The van der Waals surface area contributed by atoms with Crippen molar-refractivity contribution < 1.29 is 4.79 Å². The quantitative estimate of drug-likeness (QED) is 0.892. The molecule has 0 spiro atoms. The van der Waals surface area contributed by atoms with Gasteiger partial charge in [-0.3, -0.25) is 0 Å². The Morgan fingerprint density at radius 3 is 2.70 bits per heavy atom. The maximum Gasteiger partial charge on any atom is 0.315 e. The van der Waals surface area contributed by atoms with Gasteiger partial charge < -0.3 is 10.6 Å². The molecule has 1 aromatic heterocycles. The summed E-state index contributed by atoms with van der Waals surface area (Å²) >= 11 is 1.74. The first-order chi connectivity index (χ1) is 9.81. The van der Waals surface area contributed by atoms with Gasteiger partial charge in [-0.2, -0.15) is 0 Å². The van der Waals surface area contributed by atoms with Crippen molar-refractivity contribution in [3.05, 3.63) is 16.1 Å². The first-order valence-corrected chi connectivity index (χ1v) is 8.68. The molecule has 5 heteroatoms. The smallest absolute Gasteiger partial charge is 0.315 e. The summed E-state index contributed by atoms with van der Waals surface area (Å²) in [6.07, 6.45) is 9.92. The summed E-state index contributed by atoms with van der Waals surface area (Å²) in [6.45, 7) is 0.543. The molecule has 2 fully saturated rings. The lowest BCUT2D eigenvalue weighted by Crippen LogP contribution is -2.42. The number of carbonyl (C=O) groups is 1. The summed E-state index contributed by atoms with van der Waals surface area (Å²) in [5.74, 6) is 0.685. The van der Waals surface area contributed by atoms with Crippen LogP contribution in [0.3, 0.4) is 0 Å². The van der Waals surface area contributed by atoms with Gasteiger partial charge in [0.1, 0.15) is 0 Å². The SMILES string of the molecule is O=C(NCc1csc(C2CCC2)n1)NC1CCCCC1. The van der Waals surface area contributed by atoms with Gasteiger partial charge in [0.25, 0.3) is 0 Å². The number of amides is 2. The summed E-state index contributed by atoms with van der Waals surface area (Å²) < 4.78 is 0. The predicted molar refractivity (Wildman–Crippen MR) is 81.0 cm³/mol. The van der Waals surface area contributed by atoms with E-state index in [9.17, 15) is 4.79 Å². The van der Waals surface area contributed by atoms with Crippen molar-refractivity contribution in [3.63, 3.8) is 0 Å². The number of hydrogen-bond donors (Lipinski definition) is 2. The van der Waals surface area contributed by atoms with Crippen LogP contribution in [0, 0.1) is 0 Å². The second-order valence-electron chi connectivity index (χ2n) is 5.97. The number of rotatable bonds is 4. The lowest BCUT2D eigenvalue weighted by Gasteiger charge is -2.23. The zero-order valence-corrected chi connectivity index (χ0v) is 12.7. The fourth-order valence-corrected chi connectivity index (χ4v) is 3.89. The third-order valence-corrected chi connectivity index (χ3v) is 5.45. The van der Waals surface area contributed by atoms with E-state index >= 15 is 0 Å². The highest BCUT2D eigenvalue weighted by molar-refractivity contribution is 7.09. The third-order valence-electron chi connectivity index (χ3n) is 4.39. The molecule has 2 amide bonds. The van der Waals surface area contributed by atoms with E-state index in [1.807, 2.05) is 0 Å². The van der Waals surface area contributed by atoms with Crippen molar-refractivity contribution >= 4 is 17.4 Å². The van der Waals surface area contributed by atoms with E-state index in [1.54, 1.807) is 11.3 Å². The zero-order chi connectivity index (χ0) is 13.8. The predicted octanol–water partition coefficient (Wildman–Crippen LogP) is 3.54. The summed E-state index contributed by atoms with van der Waals surface area (Å²) in [7, 11) is 0. The Hall–Kier alpha value is -1.10. The maximum absolute atomic E-state index is 11.8. The van der Waals surface area contributed by atoms with E-state index in [2.05, 4.69) is 21.0 Å². The minimum absolute atomic E-state index is 0.0462. The molecule has 20 heavy (non-hydrogen) atoms. The van der Waals surface area contributed by atoms with Gasteiger partial charge in [-0.15, -0.1) is 11.3 Å². The second-order valence-corrected chi connectivity index (χ2v) is 6.86. The van der Waals surface area contributed by atoms with Gasteiger partial charge in [0.05, 0.1) is 17.2 Å². The molecule has 0 aromatic carbocycles. The molecule has 0 radical (unpaired) electrons. The van der Waals surface area contributed by atoms with Crippen LogP contribution in [0.1, 0.15) is 68.0 Å². The van der Waals surface area contributed by atoms with Crippen LogP contribution in [0.5, 0.6) is 0 Å². The number of nitrogens with zero attached hydrogens (tertiary/aromatic N) is 1. The highest BCUT2D eigenvalue weighted by Gasteiger charge is 2.22. The van der Waals surface area contributed by atoms with Crippen LogP contribution < -0.4 is 10.6 Å². The molecule has 2 aliphatic carbocycles. The molecule has 0 unspecified atom stereocenters. The highest BCUT2D eigenvalue weighted by Crippen LogP contribution is 2.37. The first-order valence-electron chi connectivity index (χ1n) is 7.80. The van der Waals surface area contributed by atoms with E-state index in [-0.39, 0.29) is 6.03 Å². The van der Waals surface area contributed by atoms with Crippen molar-refractivity contribution in [2.24, 2.45) is 0 Å². The van der Waals surface area contributed by atoms with Crippen molar-refractivity contribution in [2.75, 3.05) is 0 Å². The van der Waals surface area contributed by atoms with Crippen molar-refractivity contribution in [1.82, 2.24) is 15.6 Å². The summed E-state index contributed by atoms with van der Waals surface area (Å²) in [5.41, 5.74) is 0.996. The van der Waals surface area contributed by atoms with Crippen molar-refractivity contribution in [1.29, 1.82) is 0 Å². The van der Waals surface area contributed by atoms with Gasteiger partial charge in [-0.1, -0.05) is 25.7 Å². The minimum atomic E-state index is -0.0462. The Morgan fingerprint density at radius 1 is 1.20 bits per heavy atom. The van der Waals surface area contributed by atoms with Crippen LogP contribution in [-0.4, -0.2) is 17.1 Å². The Kier molecular flexibility index (Phi) is 4.55. The third kappa shape index (κ3) is 3.51. The molecule has 2 saturated carbocycles. The molecule has 4 nitrogen and oxygen atoms in total. The number of carbonyl (C=O) groups excluding carboxylic acids is 1. The largest absolute Gasteiger partial charge is 0.335 e. The topological polar surface area (TPSA) is 54.0 Å². The van der Waals surface area contributed by atoms with E-state index in [1.165, 1.54) is 43.5 Å². The summed E-state index contributed by atoms with van der Waals surface area (Å²) in [6, 6.07) is 0.319. The molecule has 3 rings (SSSR count). The fraction of sp³-hybridized carbons (Fsp3) is 0.733. The van der Waals surface area contributed by atoms with Crippen molar-refractivity contribution in [2.45, 2.75) is 69.9 Å². The average molecular weight is 293 g/mol. The maximum atomic E-state index is 11.8. The number of aromatic nitrogens is 1. The van der Waals surface area contributed by atoms with Crippen LogP contribution in [-0.2, 0) is 6.54 Å². The van der Waals surface area contributed by atoms with Gasteiger partial charge in [0, 0.05) is 17.3 Å². The molecule has 0 aliphatic heterocycles. The monoisotopic (exact) mass is 293 g/mol. The molecular formula is C15H23N3OS. The highest BCUT2D eigenvalue weighted by atomic mass is 32.1. The first kappa shape index (κ1) is 13.9. The molecular weight excluding hydrogens is 270 g/mol. The van der Waals surface area contributed by atoms with E-state index in [4.69, 9.17) is 0 Å². The molecule has 2 N–H and O–H groups in total. The van der Waals surface area contributed by atoms with Gasteiger partial charge in [0.15, 0.2) is 0 Å². The van der Waals surface area contributed by atoms with Crippen LogP contribution >= 0.6 is 11.3 Å². The second kappa shape index (κ2) is 6.57. The standard InChI is InChI=1S/C15H23N3OS/c19-15(18-12-7-2-1-3-8-12)16-9-13-10-20-14(17-13)11-5-4-6-11/h10-12H,1-9H2,(H2,16,18,19). The van der Waals surface area contributed by atoms with Crippen LogP contribution in [0.4, 0.5) is 4.79 Å². The Labute approximate surface area is 124 Å². The van der Waals surface area contributed by atoms with Gasteiger partial charge in [-0.25, -0.2) is 9.78 Å². The Bertz CT molecular complexity index is 450. The molecule has 2 aliphatic rings. The van der Waals surface area contributed by atoms with Gasteiger partial charge in [0.2, 0.25) is 0 Å². The average Bonchev–Trinajstić information content (AvgIpc) is 2.84. The van der Waals surface area contributed by atoms with Crippen molar-refractivity contribution in [3.8, 4) is 0 Å². The van der Waals surface area contributed by atoms with Gasteiger partial charge >= 0.3 is 6.03 Å². The van der Waals surface area contributed by atoms with E-state index in [0.29, 0.717) is 18.5 Å². The minimum Gasteiger partial charge on any atom is -0.335 e. The lowest BCUT2D eigenvalue weighted by atomic mass is 9.86. The lowest BCUT2D eigenvalue weighted by molar-refractivity contribution is 0.232. The molecule has 1 aromatic rings. The summed E-state index contributed by atoms with van der Waals surface area (Å²) in [5, 5.41) is 9.32. The number of hydrogen-bond acceptors (Lipinski definition) is 3. The van der Waals surface area contributed by atoms with E-state index < -0.39 is 0 Å². The molecule has 0 bridgehead atoms. The number of urea groups is 1. The Morgan fingerprint density at radius 2 is 2.00 bits per heavy atom. The number of nitrogens with one attached hydrogen (secondary N) is 2. The molecule has 110 valence electrons. The summed E-state index contributed by atoms with van der Waals surface area (Å²) in [4.78, 5) is 16.5. The molecule has 0 atom stereocenters. The van der Waals surface area contributed by atoms with Gasteiger partial charge in [-0.05, 0) is 25.7 Å². The number of thiazole rings is 1. The molecule has 0 saturated heterocycles. The van der Waals surface area contributed by atoms with Crippen LogP contribution in [0.15, 0.2) is 5.38 Å². The zero-order valence-electron chi connectivity index (χ0n) is 11.9. The van der Waals surface area contributed by atoms with Crippen LogP contribution in [0.2, 0.25) is 0 Å². The Balaban J connectivity index is 1.41. The normalized spacial score (nSPS) is 20.4. The van der Waals surface area contributed by atoms with E-state index in [0.717, 1.165) is 18.5 Å². The van der Waals surface area contributed by atoms with Crippen LogP contribution in [0.25, 0.3) is 0 Å². The molecule has 1 heterocycles. The fourth-order valence-electron chi connectivity index (χ4n) is 2.90.